The molecule has 0 radical (unpaired) electrons. The van der Waals surface area contributed by atoms with Crippen LogP contribution in [0, 0.1) is 6.92 Å². The van der Waals surface area contributed by atoms with Gasteiger partial charge in [-0.15, -0.1) is 0 Å². The summed E-state index contributed by atoms with van der Waals surface area (Å²) in [4.78, 5) is 0. The Hall–Kier alpha value is -1.54. The van der Waals surface area contributed by atoms with Gasteiger partial charge < -0.3 is 9.47 Å². The molecule has 1 aliphatic rings. The van der Waals surface area contributed by atoms with E-state index in [9.17, 15) is 0 Å². The Morgan fingerprint density at radius 1 is 1.17 bits per heavy atom. The van der Waals surface area contributed by atoms with Gasteiger partial charge in [0.25, 0.3) is 0 Å². The lowest BCUT2D eigenvalue weighted by molar-refractivity contribution is 0.0685. The highest BCUT2D eigenvalue weighted by molar-refractivity contribution is 5.90. The molecule has 2 aromatic carbocycles. The quantitative estimate of drug-likeness (QED) is 0.817. The van der Waals surface area contributed by atoms with Gasteiger partial charge in [0.1, 0.15) is 12.4 Å². The number of fused-ring (bicyclic) bond motifs is 1. The van der Waals surface area contributed by atoms with Crippen molar-refractivity contribution in [1.29, 1.82) is 0 Å². The summed E-state index contributed by atoms with van der Waals surface area (Å²) in [6, 6.07) is 12.6. The lowest BCUT2D eigenvalue weighted by Crippen LogP contribution is -2.16. The van der Waals surface area contributed by atoms with E-state index < -0.39 is 0 Å². The third-order valence-corrected chi connectivity index (χ3v) is 3.55. The Kier molecular flexibility index (Phi) is 3.20. The molecule has 94 valence electrons. The second-order valence-electron chi connectivity index (χ2n) is 4.87. The van der Waals surface area contributed by atoms with E-state index in [1.54, 1.807) is 0 Å². The molecule has 1 unspecified atom stereocenters. The van der Waals surface area contributed by atoms with Crippen molar-refractivity contribution in [3.8, 4) is 5.75 Å². The van der Waals surface area contributed by atoms with E-state index in [1.807, 2.05) is 0 Å². The standard InChI is InChI=1S/C16H18O2/c1-12-8-9-16(15-7-3-2-6-14(12)15)18-11-13-5-4-10-17-13/h2-3,6-9,13H,4-5,10-11H2,1H3. The van der Waals surface area contributed by atoms with E-state index in [4.69, 9.17) is 9.47 Å². The van der Waals surface area contributed by atoms with Crippen LogP contribution in [0.5, 0.6) is 5.75 Å². The second-order valence-corrected chi connectivity index (χ2v) is 4.87. The van der Waals surface area contributed by atoms with E-state index in [0.717, 1.165) is 25.2 Å². The average molecular weight is 242 g/mol. The molecule has 0 N–H and O–H groups in total. The summed E-state index contributed by atoms with van der Waals surface area (Å²) in [6.07, 6.45) is 2.54. The third-order valence-electron chi connectivity index (χ3n) is 3.55. The smallest absolute Gasteiger partial charge is 0.127 e. The van der Waals surface area contributed by atoms with E-state index in [1.165, 1.54) is 16.3 Å². The highest BCUT2D eigenvalue weighted by Gasteiger charge is 2.16. The largest absolute Gasteiger partial charge is 0.490 e. The minimum atomic E-state index is 0.269. The van der Waals surface area contributed by atoms with Crippen LogP contribution in [-0.4, -0.2) is 19.3 Å². The molecule has 3 rings (SSSR count). The third kappa shape index (κ3) is 2.21. The summed E-state index contributed by atoms with van der Waals surface area (Å²) in [7, 11) is 0. The van der Waals surface area contributed by atoms with E-state index in [0.29, 0.717) is 6.61 Å². The molecule has 18 heavy (non-hydrogen) atoms. The molecule has 0 aromatic heterocycles. The zero-order chi connectivity index (χ0) is 12.4. The zero-order valence-electron chi connectivity index (χ0n) is 10.7. The van der Waals surface area contributed by atoms with Gasteiger partial charge in [-0.05, 0) is 36.8 Å². The van der Waals surface area contributed by atoms with Gasteiger partial charge in [-0.25, -0.2) is 0 Å². The first-order valence-electron chi connectivity index (χ1n) is 6.57. The minimum Gasteiger partial charge on any atom is -0.490 e. The lowest BCUT2D eigenvalue weighted by Gasteiger charge is -2.14. The van der Waals surface area contributed by atoms with Crippen molar-refractivity contribution in [2.75, 3.05) is 13.2 Å². The molecule has 1 fully saturated rings. The van der Waals surface area contributed by atoms with Gasteiger partial charge in [0.2, 0.25) is 0 Å². The minimum absolute atomic E-state index is 0.269. The van der Waals surface area contributed by atoms with Crippen molar-refractivity contribution in [3.05, 3.63) is 42.0 Å². The predicted molar refractivity (Wildman–Crippen MR) is 73.2 cm³/mol. The Morgan fingerprint density at radius 2 is 2.00 bits per heavy atom. The lowest BCUT2D eigenvalue weighted by atomic mass is 10.0. The summed E-state index contributed by atoms with van der Waals surface area (Å²) >= 11 is 0. The molecule has 0 spiro atoms. The monoisotopic (exact) mass is 242 g/mol. The number of ether oxygens (including phenoxy) is 2. The molecule has 0 bridgehead atoms. The van der Waals surface area contributed by atoms with Crippen molar-refractivity contribution >= 4 is 10.8 Å². The summed E-state index contributed by atoms with van der Waals surface area (Å²) < 4.78 is 11.5. The van der Waals surface area contributed by atoms with Crippen molar-refractivity contribution in [2.45, 2.75) is 25.9 Å². The Morgan fingerprint density at radius 3 is 2.78 bits per heavy atom. The van der Waals surface area contributed by atoms with Crippen LogP contribution < -0.4 is 4.74 Å². The van der Waals surface area contributed by atoms with E-state index in [-0.39, 0.29) is 6.10 Å². The average Bonchev–Trinajstić information content (AvgIpc) is 2.92. The fraction of sp³-hybridized carbons (Fsp3) is 0.375. The first kappa shape index (κ1) is 11.5. The Labute approximate surface area is 108 Å². The first-order valence-corrected chi connectivity index (χ1v) is 6.57. The zero-order valence-corrected chi connectivity index (χ0v) is 10.7. The number of hydrogen-bond donors (Lipinski definition) is 0. The number of aryl methyl sites for hydroxylation is 1. The van der Waals surface area contributed by atoms with Gasteiger partial charge in [0, 0.05) is 12.0 Å². The Bertz CT molecular complexity index is 542. The van der Waals surface area contributed by atoms with Crippen LogP contribution in [0.15, 0.2) is 36.4 Å². The number of rotatable bonds is 3. The Balaban J connectivity index is 1.85. The topological polar surface area (TPSA) is 18.5 Å². The molecule has 1 saturated heterocycles. The molecular weight excluding hydrogens is 224 g/mol. The second kappa shape index (κ2) is 4.99. The SMILES string of the molecule is Cc1ccc(OCC2CCCO2)c2ccccc12. The van der Waals surface area contributed by atoms with Crippen LogP contribution in [0.25, 0.3) is 10.8 Å². The molecule has 1 aliphatic heterocycles. The van der Waals surface area contributed by atoms with Crippen LogP contribution in [0.4, 0.5) is 0 Å². The summed E-state index contributed by atoms with van der Waals surface area (Å²) in [6.45, 7) is 3.67. The molecule has 0 amide bonds. The number of benzene rings is 2. The molecular formula is C16H18O2. The van der Waals surface area contributed by atoms with Crippen molar-refractivity contribution in [1.82, 2.24) is 0 Å². The first-order chi connectivity index (χ1) is 8.84. The molecule has 2 heteroatoms. The fourth-order valence-electron chi connectivity index (χ4n) is 2.51. The highest BCUT2D eigenvalue weighted by Crippen LogP contribution is 2.28. The molecule has 1 atom stereocenters. The van der Waals surface area contributed by atoms with Gasteiger partial charge >= 0.3 is 0 Å². The predicted octanol–water partition coefficient (Wildman–Crippen LogP) is 3.71. The highest BCUT2D eigenvalue weighted by atomic mass is 16.5. The van der Waals surface area contributed by atoms with Crippen molar-refractivity contribution in [2.24, 2.45) is 0 Å². The number of hydrogen-bond acceptors (Lipinski definition) is 2. The van der Waals surface area contributed by atoms with Gasteiger partial charge in [-0.2, -0.15) is 0 Å². The molecule has 2 aromatic rings. The molecule has 0 aliphatic carbocycles. The van der Waals surface area contributed by atoms with Crippen LogP contribution in [0.2, 0.25) is 0 Å². The summed E-state index contributed by atoms with van der Waals surface area (Å²) in [5.41, 5.74) is 1.29. The van der Waals surface area contributed by atoms with Gasteiger partial charge in [-0.1, -0.05) is 30.3 Å². The summed E-state index contributed by atoms with van der Waals surface area (Å²) in [5, 5.41) is 2.46. The maximum Gasteiger partial charge on any atom is 0.127 e. The normalized spacial score (nSPS) is 19.3. The van der Waals surface area contributed by atoms with E-state index >= 15 is 0 Å². The van der Waals surface area contributed by atoms with Crippen LogP contribution in [-0.2, 0) is 4.74 Å². The molecule has 1 heterocycles. The van der Waals surface area contributed by atoms with Gasteiger partial charge in [-0.3, -0.25) is 0 Å². The van der Waals surface area contributed by atoms with Gasteiger partial charge in [0.15, 0.2) is 0 Å². The fourth-order valence-corrected chi connectivity index (χ4v) is 2.51. The van der Waals surface area contributed by atoms with E-state index in [2.05, 4.69) is 43.3 Å². The maximum absolute atomic E-state index is 5.93. The molecule has 0 saturated carbocycles. The van der Waals surface area contributed by atoms with Crippen LogP contribution >= 0.6 is 0 Å². The van der Waals surface area contributed by atoms with Crippen molar-refractivity contribution < 1.29 is 9.47 Å². The maximum atomic E-state index is 5.93. The van der Waals surface area contributed by atoms with Crippen molar-refractivity contribution in [3.63, 3.8) is 0 Å². The van der Waals surface area contributed by atoms with Crippen LogP contribution in [0.1, 0.15) is 18.4 Å². The summed E-state index contributed by atoms with van der Waals surface area (Å²) in [5.74, 6) is 0.965. The molecule has 2 nitrogen and oxygen atoms in total. The van der Waals surface area contributed by atoms with Crippen LogP contribution in [0.3, 0.4) is 0 Å². The van der Waals surface area contributed by atoms with Gasteiger partial charge in [0.05, 0.1) is 6.10 Å².